The number of carbonyl (C=O) groups is 2. The van der Waals surface area contributed by atoms with Gasteiger partial charge in [0.05, 0.1) is 12.8 Å². The van der Waals surface area contributed by atoms with E-state index in [-0.39, 0.29) is 11.8 Å². The maximum atomic E-state index is 11.8. The van der Waals surface area contributed by atoms with Crippen LogP contribution in [0.5, 0.6) is 5.75 Å². The molecule has 0 fully saturated rings. The molecule has 6 heteroatoms. The topological polar surface area (TPSA) is 93.5 Å². The summed E-state index contributed by atoms with van der Waals surface area (Å²) in [6, 6.07) is 5.08. The summed E-state index contributed by atoms with van der Waals surface area (Å²) in [6.45, 7) is 2.00. The fourth-order valence-electron chi connectivity index (χ4n) is 1.73. The lowest BCUT2D eigenvalue weighted by molar-refractivity contribution is -0.116. The molecule has 2 amide bonds. The Bertz CT molecular complexity index is 475. The molecule has 0 radical (unpaired) electrons. The van der Waals surface area contributed by atoms with Crippen molar-refractivity contribution in [3.8, 4) is 5.75 Å². The molecule has 1 aromatic rings. The van der Waals surface area contributed by atoms with E-state index in [4.69, 9.17) is 10.5 Å². The number of methoxy groups -OCH3 is 1. The summed E-state index contributed by atoms with van der Waals surface area (Å²) in [7, 11) is 1.53. The van der Waals surface area contributed by atoms with Crippen LogP contribution in [-0.4, -0.2) is 25.5 Å². The third-order valence-corrected chi connectivity index (χ3v) is 2.65. The molecule has 1 aromatic carbocycles. The van der Waals surface area contributed by atoms with Gasteiger partial charge in [-0.15, -0.1) is 0 Å². The Balaban J connectivity index is 2.74. The summed E-state index contributed by atoms with van der Waals surface area (Å²) < 4.78 is 5.18. The average Bonchev–Trinajstić information content (AvgIpc) is 2.38. The summed E-state index contributed by atoms with van der Waals surface area (Å²) in [4.78, 5) is 22.8. The van der Waals surface area contributed by atoms with Crippen molar-refractivity contribution in [3.63, 3.8) is 0 Å². The number of amides is 2. The molecule has 0 aliphatic carbocycles. The second-order valence-corrected chi connectivity index (χ2v) is 4.39. The van der Waals surface area contributed by atoms with E-state index in [1.54, 1.807) is 18.2 Å². The molecule has 4 N–H and O–H groups in total. The van der Waals surface area contributed by atoms with Gasteiger partial charge in [0.2, 0.25) is 11.8 Å². The molecule has 0 saturated carbocycles. The Hall–Kier alpha value is -2.08. The van der Waals surface area contributed by atoms with Gasteiger partial charge in [-0.2, -0.15) is 0 Å². The van der Waals surface area contributed by atoms with Gasteiger partial charge in [0.15, 0.2) is 0 Å². The third kappa shape index (κ3) is 5.27. The molecule has 0 bridgehead atoms. The van der Waals surface area contributed by atoms with Crippen LogP contribution in [0, 0.1) is 0 Å². The molecule has 110 valence electrons. The van der Waals surface area contributed by atoms with Gasteiger partial charge < -0.3 is 21.1 Å². The van der Waals surface area contributed by atoms with Crippen molar-refractivity contribution in [2.75, 3.05) is 24.3 Å². The lowest BCUT2D eigenvalue weighted by Crippen LogP contribution is -2.13. The van der Waals surface area contributed by atoms with Gasteiger partial charge in [-0.3, -0.25) is 9.59 Å². The van der Waals surface area contributed by atoms with E-state index in [9.17, 15) is 9.59 Å². The van der Waals surface area contributed by atoms with Gasteiger partial charge in [-0.25, -0.2) is 0 Å². The standard InChI is InChI=1S/C14H21N3O3/c1-10(18)16-11-6-7-13(20-2)12(9-11)17-14(19)5-3-4-8-15/h6-7,9H,3-5,8,15H2,1-2H3,(H,16,18)(H,17,19). The molecular formula is C14H21N3O3. The molecule has 0 aromatic heterocycles. The summed E-state index contributed by atoms with van der Waals surface area (Å²) >= 11 is 0. The smallest absolute Gasteiger partial charge is 0.224 e. The van der Waals surface area contributed by atoms with Crippen molar-refractivity contribution in [1.82, 2.24) is 0 Å². The number of nitrogens with two attached hydrogens (primary N) is 1. The average molecular weight is 279 g/mol. The van der Waals surface area contributed by atoms with Crippen LogP contribution in [0.3, 0.4) is 0 Å². The highest BCUT2D eigenvalue weighted by Gasteiger charge is 2.09. The first kappa shape index (κ1) is 16.0. The van der Waals surface area contributed by atoms with E-state index < -0.39 is 0 Å². The van der Waals surface area contributed by atoms with E-state index in [1.807, 2.05) is 0 Å². The maximum Gasteiger partial charge on any atom is 0.224 e. The number of anilines is 2. The first-order chi connectivity index (χ1) is 9.56. The molecular weight excluding hydrogens is 258 g/mol. The van der Waals surface area contributed by atoms with Gasteiger partial charge in [0, 0.05) is 19.0 Å². The van der Waals surface area contributed by atoms with Gasteiger partial charge in [-0.1, -0.05) is 0 Å². The third-order valence-electron chi connectivity index (χ3n) is 2.65. The normalized spacial score (nSPS) is 9.95. The van der Waals surface area contributed by atoms with Crippen molar-refractivity contribution in [1.29, 1.82) is 0 Å². The van der Waals surface area contributed by atoms with Crippen molar-refractivity contribution in [2.45, 2.75) is 26.2 Å². The van der Waals surface area contributed by atoms with Crippen molar-refractivity contribution < 1.29 is 14.3 Å². The molecule has 0 unspecified atom stereocenters. The van der Waals surface area contributed by atoms with Crippen LogP contribution in [0.2, 0.25) is 0 Å². The summed E-state index contributed by atoms with van der Waals surface area (Å²) in [5.74, 6) is 0.276. The van der Waals surface area contributed by atoms with Crippen LogP contribution in [0.25, 0.3) is 0 Å². The van der Waals surface area contributed by atoms with Gasteiger partial charge >= 0.3 is 0 Å². The molecule has 0 atom stereocenters. The summed E-state index contributed by atoms with van der Waals surface area (Å²) in [5.41, 5.74) is 6.53. The minimum absolute atomic E-state index is 0.100. The second kappa shape index (κ2) is 8.16. The number of benzene rings is 1. The zero-order chi connectivity index (χ0) is 15.0. The molecule has 20 heavy (non-hydrogen) atoms. The van der Waals surface area contributed by atoms with Crippen LogP contribution >= 0.6 is 0 Å². The van der Waals surface area contributed by atoms with E-state index in [1.165, 1.54) is 14.0 Å². The van der Waals surface area contributed by atoms with Gasteiger partial charge in [0.25, 0.3) is 0 Å². The lowest BCUT2D eigenvalue weighted by Gasteiger charge is -2.12. The molecule has 0 saturated heterocycles. The molecule has 6 nitrogen and oxygen atoms in total. The minimum atomic E-state index is -0.171. The molecule has 0 spiro atoms. The fraction of sp³-hybridized carbons (Fsp3) is 0.429. The van der Waals surface area contributed by atoms with Gasteiger partial charge in [0.1, 0.15) is 5.75 Å². The Labute approximate surface area is 118 Å². The second-order valence-electron chi connectivity index (χ2n) is 4.39. The van der Waals surface area contributed by atoms with Crippen LogP contribution in [-0.2, 0) is 9.59 Å². The van der Waals surface area contributed by atoms with Crippen molar-refractivity contribution in [3.05, 3.63) is 18.2 Å². The highest BCUT2D eigenvalue weighted by Crippen LogP contribution is 2.28. The number of hydrogen-bond acceptors (Lipinski definition) is 4. The number of ether oxygens (including phenoxy) is 1. The SMILES string of the molecule is COc1ccc(NC(C)=O)cc1NC(=O)CCCCN. The zero-order valence-corrected chi connectivity index (χ0v) is 11.9. The van der Waals surface area contributed by atoms with Gasteiger partial charge in [-0.05, 0) is 37.6 Å². The number of unbranched alkanes of at least 4 members (excludes halogenated alkanes) is 1. The number of carbonyl (C=O) groups excluding carboxylic acids is 2. The van der Waals surface area contributed by atoms with Crippen LogP contribution in [0.15, 0.2) is 18.2 Å². The molecule has 1 rings (SSSR count). The van der Waals surface area contributed by atoms with E-state index in [0.717, 1.165) is 12.8 Å². The highest BCUT2D eigenvalue weighted by molar-refractivity contribution is 5.94. The highest BCUT2D eigenvalue weighted by atomic mass is 16.5. The quantitative estimate of drug-likeness (QED) is 0.662. The molecule has 0 heterocycles. The van der Waals surface area contributed by atoms with Crippen LogP contribution in [0.4, 0.5) is 11.4 Å². The fourth-order valence-corrected chi connectivity index (χ4v) is 1.73. The largest absolute Gasteiger partial charge is 0.495 e. The van der Waals surface area contributed by atoms with E-state index >= 15 is 0 Å². The Morgan fingerprint density at radius 1 is 1.25 bits per heavy atom. The van der Waals surface area contributed by atoms with Crippen LogP contribution < -0.4 is 21.1 Å². The van der Waals surface area contributed by atoms with Crippen LogP contribution in [0.1, 0.15) is 26.2 Å². The number of nitrogens with one attached hydrogen (secondary N) is 2. The minimum Gasteiger partial charge on any atom is -0.495 e. The first-order valence-electron chi connectivity index (χ1n) is 6.52. The first-order valence-corrected chi connectivity index (χ1v) is 6.52. The summed E-state index contributed by atoms with van der Waals surface area (Å²) in [6.07, 6.45) is 1.97. The maximum absolute atomic E-state index is 11.8. The predicted octanol–water partition coefficient (Wildman–Crippen LogP) is 1.72. The monoisotopic (exact) mass is 279 g/mol. The number of rotatable bonds is 7. The Morgan fingerprint density at radius 2 is 2.00 bits per heavy atom. The van der Waals surface area contributed by atoms with E-state index in [2.05, 4.69) is 10.6 Å². The summed E-state index contributed by atoms with van der Waals surface area (Å²) in [5, 5.41) is 5.44. The lowest BCUT2D eigenvalue weighted by atomic mass is 10.2. The number of hydrogen-bond donors (Lipinski definition) is 3. The van der Waals surface area contributed by atoms with Crippen molar-refractivity contribution >= 4 is 23.2 Å². The zero-order valence-electron chi connectivity index (χ0n) is 11.9. The van der Waals surface area contributed by atoms with Crippen molar-refractivity contribution in [2.24, 2.45) is 5.73 Å². The predicted molar refractivity (Wildman–Crippen MR) is 78.8 cm³/mol. The Morgan fingerprint density at radius 3 is 2.60 bits per heavy atom. The van der Waals surface area contributed by atoms with E-state index in [0.29, 0.717) is 30.1 Å². The molecule has 0 aliphatic heterocycles. The molecule has 0 aliphatic rings. The Kier molecular flexibility index (Phi) is 6.52.